The number of hydrogen-bond donors (Lipinski definition) is 3. The number of anilines is 1. The summed E-state index contributed by atoms with van der Waals surface area (Å²) in [5.74, 6) is -1.09. The van der Waals surface area contributed by atoms with Crippen molar-refractivity contribution in [2.24, 2.45) is 0 Å². The lowest BCUT2D eigenvalue weighted by Gasteiger charge is -2.38. The molecule has 3 heterocycles. The summed E-state index contributed by atoms with van der Waals surface area (Å²) in [4.78, 5) is 38.2. The number of aromatic amines is 1. The number of ether oxygens (including phenoxy) is 1. The number of thiazole rings is 1. The van der Waals surface area contributed by atoms with Crippen molar-refractivity contribution in [2.75, 3.05) is 24.6 Å². The summed E-state index contributed by atoms with van der Waals surface area (Å²) in [7, 11) is 0. The molecule has 2 unspecified atom stereocenters. The van der Waals surface area contributed by atoms with Crippen molar-refractivity contribution in [1.82, 2.24) is 20.3 Å². The number of rotatable bonds is 8. The summed E-state index contributed by atoms with van der Waals surface area (Å²) in [5, 5.41) is 13.6. The SMILES string of the molecule is CCCOC1CN(c2nc3cccc(C(=O)O)c3s2)CCC1NC(=O)c1nc(Cl)c(CC)[nH]1. The maximum atomic E-state index is 12.8. The number of fused-ring (bicyclic) bond motifs is 1. The molecule has 0 aliphatic carbocycles. The molecule has 0 bridgehead atoms. The number of aromatic nitrogens is 3. The van der Waals surface area contributed by atoms with E-state index >= 15 is 0 Å². The zero-order chi connectivity index (χ0) is 23.5. The molecule has 176 valence electrons. The summed E-state index contributed by atoms with van der Waals surface area (Å²) < 4.78 is 6.74. The molecular formula is C22H26ClN5O4S. The molecular weight excluding hydrogens is 466 g/mol. The van der Waals surface area contributed by atoms with Gasteiger partial charge in [-0.2, -0.15) is 0 Å². The molecule has 2 atom stereocenters. The number of imidazole rings is 1. The number of benzene rings is 1. The highest BCUT2D eigenvalue weighted by Crippen LogP contribution is 2.33. The Bertz CT molecular complexity index is 1160. The predicted octanol–water partition coefficient (Wildman–Crippen LogP) is 3.74. The second kappa shape index (κ2) is 10.1. The van der Waals surface area contributed by atoms with E-state index in [-0.39, 0.29) is 29.4 Å². The van der Waals surface area contributed by atoms with Crippen LogP contribution in [0.15, 0.2) is 18.2 Å². The predicted molar refractivity (Wildman–Crippen MR) is 128 cm³/mol. The molecule has 0 saturated carbocycles. The Labute approximate surface area is 200 Å². The Hall–Kier alpha value is -2.69. The molecule has 4 rings (SSSR count). The highest BCUT2D eigenvalue weighted by Gasteiger charge is 2.33. The summed E-state index contributed by atoms with van der Waals surface area (Å²) in [6.07, 6.45) is 1.92. The molecule has 3 N–H and O–H groups in total. The summed E-state index contributed by atoms with van der Waals surface area (Å²) in [6.45, 7) is 5.73. The lowest BCUT2D eigenvalue weighted by atomic mass is 10.0. The number of H-pyrrole nitrogens is 1. The number of carbonyl (C=O) groups is 2. The van der Waals surface area contributed by atoms with E-state index in [9.17, 15) is 14.7 Å². The Balaban J connectivity index is 1.51. The van der Waals surface area contributed by atoms with Gasteiger partial charge in [0, 0.05) is 19.7 Å². The van der Waals surface area contributed by atoms with Gasteiger partial charge >= 0.3 is 5.97 Å². The normalized spacial score (nSPS) is 18.6. The standard InChI is InChI=1S/C22H26ClN5O4S/c1-3-10-32-16-11-28(22-26-15-7-5-6-12(21(30)31)17(15)33-22)9-8-14(16)25-20(29)19-24-13(4-2)18(23)27-19/h5-7,14,16H,3-4,8-11H2,1-2H3,(H,24,27)(H,25,29)(H,30,31). The number of carbonyl (C=O) groups excluding carboxylic acids is 1. The van der Waals surface area contributed by atoms with E-state index in [1.165, 1.54) is 11.3 Å². The smallest absolute Gasteiger partial charge is 0.337 e. The molecule has 2 aromatic heterocycles. The topological polar surface area (TPSA) is 120 Å². The number of hydrogen-bond acceptors (Lipinski definition) is 7. The fourth-order valence-electron chi connectivity index (χ4n) is 3.90. The van der Waals surface area contributed by atoms with Gasteiger partial charge in [-0.05, 0) is 31.4 Å². The van der Waals surface area contributed by atoms with E-state index < -0.39 is 5.97 Å². The fraction of sp³-hybridized carbons (Fsp3) is 0.455. The maximum absolute atomic E-state index is 12.8. The summed E-state index contributed by atoms with van der Waals surface area (Å²) in [5.41, 5.74) is 1.64. The molecule has 1 amide bonds. The van der Waals surface area contributed by atoms with Gasteiger partial charge in [-0.25, -0.2) is 14.8 Å². The quantitative estimate of drug-likeness (QED) is 0.439. The van der Waals surface area contributed by atoms with Gasteiger partial charge in [0.05, 0.1) is 33.6 Å². The molecule has 1 aromatic carbocycles. The van der Waals surface area contributed by atoms with Crippen LogP contribution in [0.2, 0.25) is 5.15 Å². The highest BCUT2D eigenvalue weighted by molar-refractivity contribution is 7.22. The van der Waals surface area contributed by atoms with E-state index in [0.717, 1.165) is 17.2 Å². The van der Waals surface area contributed by atoms with Gasteiger partial charge < -0.3 is 25.0 Å². The van der Waals surface area contributed by atoms with Crippen LogP contribution in [0, 0.1) is 0 Å². The number of aromatic carboxylic acids is 1. The van der Waals surface area contributed by atoms with Crippen molar-refractivity contribution < 1.29 is 19.4 Å². The number of carboxylic acid groups (broad SMARTS) is 1. The zero-order valence-electron chi connectivity index (χ0n) is 18.4. The minimum Gasteiger partial charge on any atom is -0.478 e. The van der Waals surface area contributed by atoms with Crippen molar-refractivity contribution in [3.8, 4) is 0 Å². The van der Waals surface area contributed by atoms with E-state index in [2.05, 4.69) is 25.2 Å². The van der Waals surface area contributed by atoms with Crippen LogP contribution in [0.3, 0.4) is 0 Å². The van der Waals surface area contributed by atoms with Gasteiger partial charge in [-0.1, -0.05) is 42.9 Å². The van der Waals surface area contributed by atoms with Gasteiger partial charge in [-0.15, -0.1) is 0 Å². The lowest BCUT2D eigenvalue weighted by molar-refractivity contribution is 0.0204. The number of nitrogens with one attached hydrogen (secondary N) is 2. The average Bonchev–Trinajstić information content (AvgIpc) is 3.41. The van der Waals surface area contributed by atoms with Crippen LogP contribution in [0.5, 0.6) is 0 Å². The van der Waals surface area contributed by atoms with Gasteiger partial charge in [0.1, 0.15) is 0 Å². The van der Waals surface area contributed by atoms with Crippen molar-refractivity contribution in [1.29, 1.82) is 0 Å². The Kier molecular flexibility index (Phi) is 7.16. The maximum Gasteiger partial charge on any atom is 0.337 e. The van der Waals surface area contributed by atoms with Crippen molar-refractivity contribution in [3.63, 3.8) is 0 Å². The van der Waals surface area contributed by atoms with E-state index in [4.69, 9.17) is 16.3 Å². The highest BCUT2D eigenvalue weighted by atomic mass is 35.5. The van der Waals surface area contributed by atoms with Crippen LogP contribution < -0.4 is 10.2 Å². The van der Waals surface area contributed by atoms with Crippen LogP contribution in [-0.2, 0) is 11.2 Å². The van der Waals surface area contributed by atoms with Crippen LogP contribution in [0.4, 0.5) is 5.13 Å². The monoisotopic (exact) mass is 491 g/mol. The van der Waals surface area contributed by atoms with Crippen molar-refractivity contribution in [2.45, 2.75) is 45.3 Å². The fourth-order valence-corrected chi connectivity index (χ4v) is 5.27. The first-order valence-electron chi connectivity index (χ1n) is 11.0. The zero-order valence-corrected chi connectivity index (χ0v) is 20.0. The van der Waals surface area contributed by atoms with Gasteiger partial charge in [0.2, 0.25) is 0 Å². The number of aryl methyl sites for hydroxylation is 1. The first-order chi connectivity index (χ1) is 15.9. The molecule has 3 aromatic rings. The molecule has 1 aliphatic heterocycles. The Morgan fingerprint density at radius 2 is 2.18 bits per heavy atom. The number of halogens is 1. The van der Waals surface area contributed by atoms with Crippen molar-refractivity contribution in [3.05, 3.63) is 40.4 Å². The van der Waals surface area contributed by atoms with Crippen LogP contribution >= 0.6 is 22.9 Å². The molecule has 0 radical (unpaired) electrons. The molecule has 1 fully saturated rings. The largest absolute Gasteiger partial charge is 0.478 e. The van der Waals surface area contributed by atoms with E-state index in [1.807, 2.05) is 19.9 Å². The Morgan fingerprint density at radius 1 is 1.36 bits per heavy atom. The van der Waals surface area contributed by atoms with Gasteiger partial charge in [-0.3, -0.25) is 4.79 Å². The third-order valence-electron chi connectivity index (χ3n) is 5.61. The number of piperidine rings is 1. The van der Waals surface area contributed by atoms with Crippen molar-refractivity contribution >= 4 is 50.2 Å². The molecule has 11 heteroatoms. The molecule has 1 aliphatic rings. The van der Waals surface area contributed by atoms with E-state index in [1.54, 1.807) is 12.1 Å². The second-order valence-corrected chi connectivity index (χ2v) is 9.22. The Morgan fingerprint density at radius 3 is 2.88 bits per heavy atom. The minimum absolute atomic E-state index is 0.195. The third kappa shape index (κ3) is 4.97. The lowest BCUT2D eigenvalue weighted by Crippen LogP contribution is -2.55. The molecule has 1 saturated heterocycles. The average molecular weight is 492 g/mol. The molecule has 0 spiro atoms. The second-order valence-electron chi connectivity index (χ2n) is 7.89. The van der Waals surface area contributed by atoms with Crippen LogP contribution in [0.25, 0.3) is 10.2 Å². The summed E-state index contributed by atoms with van der Waals surface area (Å²) >= 11 is 7.45. The van der Waals surface area contributed by atoms with Crippen LogP contribution in [0.1, 0.15) is 53.4 Å². The van der Waals surface area contributed by atoms with Gasteiger partial charge in [0.15, 0.2) is 16.1 Å². The van der Waals surface area contributed by atoms with E-state index in [0.29, 0.717) is 47.9 Å². The molecule has 33 heavy (non-hydrogen) atoms. The van der Waals surface area contributed by atoms with Crippen LogP contribution in [-0.4, -0.2) is 63.8 Å². The number of nitrogens with zero attached hydrogens (tertiary/aromatic N) is 3. The molecule has 9 nitrogen and oxygen atoms in total. The number of carboxylic acids is 1. The minimum atomic E-state index is -0.967. The third-order valence-corrected chi connectivity index (χ3v) is 7.09. The summed E-state index contributed by atoms with van der Waals surface area (Å²) in [6, 6.07) is 4.92. The number of amides is 1. The first-order valence-corrected chi connectivity index (χ1v) is 12.1. The first kappa shape index (κ1) is 23.5. The van der Waals surface area contributed by atoms with Gasteiger partial charge in [0.25, 0.3) is 5.91 Å².